The number of H-pyrrole nitrogens is 1. The highest BCUT2D eigenvalue weighted by Gasteiger charge is 2.22. The molecule has 4 nitrogen and oxygen atoms in total. The first-order valence-corrected chi connectivity index (χ1v) is 5.91. The van der Waals surface area contributed by atoms with Crippen molar-refractivity contribution in [2.75, 3.05) is 13.1 Å². The van der Waals surface area contributed by atoms with Crippen molar-refractivity contribution in [3.63, 3.8) is 0 Å². The smallest absolute Gasteiger partial charge is 0.237 e. The highest BCUT2D eigenvalue weighted by Crippen LogP contribution is 2.19. The third kappa shape index (κ3) is 1.91. The van der Waals surface area contributed by atoms with E-state index in [1.165, 1.54) is 10.9 Å². The number of para-hydroxylation sites is 1. The fraction of sp³-hybridized carbons (Fsp3) is 0.308. The Morgan fingerprint density at radius 1 is 1.24 bits per heavy atom. The van der Waals surface area contributed by atoms with Crippen LogP contribution in [0.5, 0.6) is 0 Å². The van der Waals surface area contributed by atoms with Crippen LogP contribution in [0.15, 0.2) is 30.5 Å². The molecule has 88 valence electrons. The zero-order valence-corrected chi connectivity index (χ0v) is 9.49. The van der Waals surface area contributed by atoms with Crippen LogP contribution in [-0.2, 0) is 11.2 Å². The number of carbonyl (C=O) groups excluding carboxylic acids is 1. The molecule has 0 aliphatic carbocycles. The van der Waals surface area contributed by atoms with Gasteiger partial charge >= 0.3 is 0 Å². The highest BCUT2D eigenvalue weighted by atomic mass is 16.2. The van der Waals surface area contributed by atoms with Gasteiger partial charge in [0.1, 0.15) is 0 Å². The summed E-state index contributed by atoms with van der Waals surface area (Å²) < 4.78 is 0. The highest BCUT2D eigenvalue weighted by molar-refractivity contribution is 5.86. The maximum atomic E-state index is 11.7. The average Bonchev–Trinajstić information content (AvgIpc) is 2.76. The topological polar surface area (TPSA) is 56.9 Å². The summed E-state index contributed by atoms with van der Waals surface area (Å²) in [7, 11) is 0. The van der Waals surface area contributed by atoms with E-state index in [4.69, 9.17) is 0 Å². The quantitative estimate of drug-likeness (QED) is 0.713. The number of nitrogens with one attached hydrogen (secondary N) is 3. The van der Waals surface area contributed by atoms with Gasteiger partial charge in [0.05, 0.1) is 6.04 Å². The summed E-state index contributed by atoms with van der Waals surface area (Å²) in [6.45, 7) is 1.57. The van der Waals surface area contributed by atoms with E-state index in [-0.39, 0.29) is 11.9 Å². The number of hydrogen-bond acceptors (Lipinski definition) is 2. The molecule has 0 bridgehead atoms. The van der Waals surface area contributed by atoms with Crippen LogP contribution in [0, 0.1) is 0 Å². The van der Waals surface area contributed by atoms with Gasteiger partial charge in [-0.1, -0.05) is 18.2 Å². The molecule has 0 unspecified atom stereocenters. The zero-order valence-electron chi connectivity index (χ0n) is 9.49. The van der Waals surface area contributed by atoms with Crippen LogP contribution in [0.3, 0.4) is 0 Å². The molecule has 17 heavy (non-hydrogen) atoms. The molecule has 1 amide bonds. The Morgan fingerprint density at radius 2 is 2.12 bits per heavy atom. The predicted octanol–water partition coefficient (Wildman–Crippen LogP) is 0.798. The van der Waals surface area contributed by atoms with Crippen molar-refractivity contribution in [3.8, 4) is 0 Å². The average molecular weight is 229 g/mol. The van der Waals surface area contributed by atoms with Gasteiger partial charge in [-0.05, 0) is 18.1 Å². The lowest BCUT2D eigenvalue weighted by atomic mass is 10.0. The standard InChI is InChI=1S/C13H15N3O/c17-13-12(14-5-6-15-13)7-9-8-16-11-4-2-1-3-10(9)11/h1-4,8,12,14,16H,5-7H2,(H,15,17)/t12-/m0/s1. The first kappa shape index (κ1) is 10.4. The lowest BCUT2D eigenvalue weighted by molar-refractivity contribution is -0.124. The molecular formula is C13H15N3O. The summed E-state index contributed by atoms with van der Waals surface area (Å²) in [5, 5.41) is 7.33. The van der Waals surface area contributed by atoms with Crippen LogP contribution in [0.4, 0.5) is 0 Å². The molecule has 1 fully saturated rings. The number of carbonyl (C=O) groups is 1. The summed E-state index contributed by atoms with van der Waals surface area (Å²) in [6.07, 6.45) is 2.73. The molecule has 0 spiro atoms. The van der Waals surface area contributed by atoms with Gasteiger partial charge in [-0.25, -0.2) is 0 Å². The predicted molar refractivity (Wildman–Crippen MR) is 66.8 cm³/mol. The second kappa shape index (κ2) is 4.22. The van der Waals surface area contributed by atoms with Crippen LogP contribution < -0.4 is 10.6 Å². The Kier molecular flexibility index (Phi) is 2.57. The molecule has 1 aromatic carbocycles. The first-order chi connectivity index (χ1) is 8.34. The summed E-state index contributed by atoms with van der Waals surface area (Å²) >= 11 is 0. The van der Waals surface area contributed by atoms with Gasteiger partial charge in [-0.3, -0.25) is 4.79 Å². The van der Waals surface area contributed by atoms with E-state index in [0.717, 1.165) is 25.0 Å². The van der Waals surface area contributed by atoms with Crippen LogP contribution >= 0.6 is 0 Å². The van der Waals surface area contributed by atoms with E-state index in [1.807, 2.05) is 24.4 Å². The number of aromatic nitrogens is 1. The lowest BCUT2D eigenvalue weighted by Crippen LogP contribution is -2.53. The van der Waals surface area contributed by atoms with Gasteiger partial charge in [0.15, 0.2) is 0 Å². The van der Waals surface area contributed by atoms with E-state index < -0.39 is 0 Å². The first-order valence-electron chi connectivity index (χ1n) is 5.91. The Hall–Kier alpha value is -1.81. The minimum Gasteiger partial charge on any atom is -0.361 e. The van der Waals surface area contributed by atoms with Crippen molar-refractivity contribution in [1.82, 2.24) is 15.6 Å². The van der Waals surface area contributed by atoms with E-state index in [1.54, 1.807) is 0 Å². The number of aromatic amines is 1. The van der Waals surface area contributed by atoms with E-state index in [0.29, 0.717) is 0 Å². The molecule has 3 N–H and O–H groups in total. The molecule has 2 aromatic rings. The Morgan fingerprint density at radius 3 is 3.00 bits per heavy atom. The molecule has 0 radical (unpaired) electrons. The third-order valence-corrected chi connectivity index (χ3v) is 3.23. The monoisotopic (exact) mass is 229 g/mol. The minimum atomic E-state index is -0.108. The van der Waals surface area contributed by atoms with Crippen molar-refractivity contribution in [2.24, 2.45) is 0 Å². The molecule has 4 heteroatoms. The van der Waals surface area contributed by atoms with E-state index in [2.05, 4.69) is 21.7 Å². The molecule has 3 rings (SSSR count). The van der Waals surface area contributed by atoms with Crippen LogP contribution in [0.1, 0.15) is 5.56 Å². The molecule has 0 saturated carbocycles. The molecule has 1 aromatic heterocycles. The van der Waals surface area contributed by atoms with E-state index in [9.17, 15) is 4.79 Å². The van der Waals surface area contributed by atoms with Gasteiger partial charge in [-0.2, -0.15) is 0 Å². The molecule has 1 atom stereocenters. The normalized spacial score (nSPS) is 20.5. The van der Waals surface area contributed by atoms with Crippen molar-refractivity contribution in [1.29, 1.82) is 0 Å². The van der Waals surface area contributed by atoms with Crippen molar-refractivity contribution in [2.45, 2.75) is 12.5 Å². The van der Waals surface area contributed by atoms with Crippen molar-refractivity contribution < 1.29 is 4.79 Å². The number of fused-ring (bicyclic) bond motifs is 1. The fourth-order valence-corrected chi connectivity index (χ4v) is 2.33. The molecular weight excluding hydrogens is 214 g/mol. The summed E-state index contributed by atoms with van der Waals surface area (Å²) in [5.41, 5.74) is 2.31. The lowest BCUT2D eigenvalue weighted by Gasteiger charge is -2.23. The number of hydrogen-bond donors (Lipinski definition) is 3. The van der Waals surface area contributed by atoms with Crippen LogP contribution in [0.2, 0.25) is 0 Å². The molecule has 2 heterocycles. The van der Waals surface area contributed by atoms with Crippen molar-refractivity contribution >= 4 is 16.8 Å². The number of rotatable bonds is 2. The van der Waals surface area contributed by atoms with Gasteiger partial charge < -0.3 is 15.6 Å². The molecule has 1 saturated heterocycles. The van der Waals surface area contributed by atoms with Gasteiger partial charge in [0, 0.05) is 30.2 Å². The Labute approximate surface area is 99.4 Å². The zero-order chi connectivity index (χ0) is 11.7. The SMILES string of the molecule is O=C1NCCN[C@H]1Cc1c[nH]c2ccccc12. The molecule has 1 aliphatic heterocycles. The fourth-order valence-electron chi connectivity index (χ4n) is 2.33. The summed E-state index contributed by atoms with van der Waals surface area (Å²) in [6, 6.07) is 8.06. The Bertz CT molecular complexity index is 546. The van der Waals surface area contributed by atoms with E-state index >= 15 is 0 Å². The second-order valence-electron chi connectivity index (χ2n) is 4.36. The minimum absolute atomic E-state index is 0.0986. The Balaban J connectivity index is 1.87. The largest absolute Gasteiger partial charge is 0.361 e. The van der Waals surface area contributed by atoms with Crippen LogP contribution in [-0.4, -0.2) is 30.0 Å². The van der Waals surface area contributed by atoms with Crippen LogP contribution in [0.25, 0.3) is 10.9 Å². The third-order valence-electron chi connectivity index (χ3n) is 3.23. The number of piperazine rings is 1. The number of amides is 1. The summed E-state index contributed by atoms with van der Waals surface area (Å²) in [4.78, 5) is 14.9. The second-order valence-corrected chi connectivity index (χ2v) is 4.36. The number of benzene rings is 1. The summed E-state index contributed by atoms with van der Waals surface area (Å²) in [5.74, 6) is 0.0986. The molecule has 1 aliphatic rings. The van der Waals surface area contributed by atoms with Crippen molar-refractivity contribution in [3.05, 3.63) is 36.0 Å². The maximum Gasteiger partial charge on any atom is 0.237 e. The van der Waals surface area contributed by atoms with Gasteiger partial charge in [0.2, 0.25) is 5.91 Å². The maximum absolute atomic E-state index is 11.7. The van der Waals surface area contributed by atoms with Gasteiger partial charge in [-0.15, -0.1) is 0 Å². The van der Waals surface area contributed by atoms with Gasteiger partial charge in [0.25, 0.3) is 0 Å².